The second kappa shape index (κ2) is 8.45. The van der Waals surface area contributed by atoms with Crippen LogP contribution in [0.5, 0.6) is 5.75 Å². The molecule has 0 fully saturated rings. The molecule has 0 aliphatic heterocycles. The van der Waals surface area contributed by atoms with E-state index >= 15 is 0 Å². The Morgan fingerprint density at radius 3 is 2.32 bits per heavy atom. The van der Waals surface area contributed by atoms with Crippen molar-refractivity contribution >= 4 is 43.2 Å². The number of benzene rings is 3. The van der Waals surface area contributed by atoms with Crippen molar-refractivity contribution in [3.05, 3.63) is 82.8 Å². The number of halogens is 1. The molecule has 0 saturated carbocycles. The van der Waals surface area contributed by atoms with E-state index in [4.69, 9.17) is 4.74 Å². The van der Waals surface area contributed by atoms with Crippen molar-refractivity contribution in [1.29, 1.82) is 0 Å². The van der Waals surface area contributed by atoms with Gasteiger partial charge in [0.25, 0.3) is 15.9 Å². The van der Waals surface area contributed by atoms with Gasteiger partial charge in [-0.25, -0.2) is 8.42 Å². The number of ether oxygens (including phenoxy) is 1. The molecule has 0 unspecified atom stereocenters. The molecular formula is C20H17BrN2O4S. The summed E-state index contributed by atoms with van der Waals surface area (Å²) in [6.07, 6.45) is 0. The van der Waals surface area contributed by atoms with Crippen molar-refractivity contribution in [2.45, 2.75) is 4.90 Å². The molecule has 0 saturated heterocycles. The van der Waals surface area contributed by atoms with Crippen LogP contribution >= 0.6 is 15.9 Å². The monoisotopic (exact) mass is 460 g/mol. The molecule has 3 rings (SSSR count). The van der Waals surface area contributed by atoms with Crippen molar-refractivity contribution in [3.8, 4) is 5.75 Å². The second-order valence-corrected chi connectivity index (χ2v) is 8.30. The van der Waals surface area contributed by atoms with Gasteiger partial charge >= 0.3 is 0 Å². The van der Waals surface area contributed by atoms with Gasteiger partial charge in [0.15, 0.2) is 0 Å². The highest BCUT2D eigenvalue weighted by atomic mass is 79.9. The SMILES string of the molecule is COc1ccc(S(=O)(=O)Nc2ccccc2C(=O)Nc2ccccc2)cc1Br. The maximum Gasteiger partial charge on any atom is 0.261 e. The normalized spacial score (nSPS) is 10.9. The lowest BCUT2D eigenvalue weighted by Gasteiger charge is -2.13. The van der Waals surface area contributed by atoms with E-state index in [2.05, 4.69) is 26.0 Å². The zero-order valence-electron chi connectivity index (χ0n) is 14.8. The summed E-state index contributed by atoms with van der Waals surface area (Å²) in [6.45, 7) is 0. The minimum atomic E-state index is -3.91. The minimum absolute atomic E-state index is 0.0402. The Kier molecular flexibility index (Phi) is 6.01. The molecule has 144 valence electrons. The van der Waals surface area contributed by atoms with E-state index in [1.807, 2.05) is 6.07 Å². The fourth-order valence-corrected chi connectivity index (χ4v) is 4.31. The van der Waals surface area contributed by atoms with Crippen LogP contribution in [0.1, 0.15) is 10.4 Å². The van der Waals surface area contributed by atoms with Crippen LogP contribution in [0.2, 0.25) is 0 Å². The summed E-state index contributed by atoms with van der Waals surface area (Å²) in [4.78, 5) is 12.7. The third-order valence-electron chi connectivity index (χ3n) is 3.88. The quantitative estimate of drug-likeness (QED) is 0.566. The maximum atomic E-state index is 12.8. The topological polar surface area (TPSA) is 84.5 Å². The molecule has 8 heteroatoms. The molecule has 6 nitrogen and oxygen atoms in total. The third-order valence-corrected chi connectivity index (χ3v) is 5.86. The smallest absolute Gasteiger partial charge is 0.261 e. The van der Waals surface area contributed by atoms with Gasteiger partial charge in [-0.05, 0) is 58.4 Å². The first-order valence-electron chi connectivity index (χ1n) is 8.22. The number of hydrogen-bond acceptors (Lipinski definition) is 4. The number of hydrogen-bond donors (Lipinski definition) is 2. The largest absolute Gasteiger partial charge is 0.496 e. The average Bonchev–Trinajstić information content (AvgIpc) is 2.68. The van der Waals surface area contributed by atoms with Gasteiger partial charge in [-0.15, -0.1) is 0 Å². The molecule has 0 aliphatic rings. The van der Waals surface area contributed by atoms with E-state index in [0.29, 0.717) is 15.9 Å². The van der Waals surface area contributed by atoms with Gasteiger partial charge in [-0.2, -0.15) is 0 Å². The zero-order chi connectivity index (χ0) is 20.1. The average molecular weight is 461 g/mol. The summed E-state index contributed by atoms with van der Waals surface area (Å²) in [7, 11) is -2.41. The van der Waals surface area contributed by atoms with Gasteiger partial charge in [0.05, 0.1) is 27.7 Å². The number of para-hydroxylation sites is 2. The molecule has 2 N–H and O–H groups in total. The molecule has 3 aromatic carbocycles. The Morgan fingerprint density at radius 1 is 0.964 bits per heavy atom. The molecule has 0 radical (unpaired) electrons. The number of amides is 1. The summed E-state index contributed by atoms with van der Waals surface area (Å²) in [5, 5.41) is 2.75. The van der Waals surface area contributed by atoms with E-state index in [0.717, 1.165) is 0 Å². The van der Waals surface area contributed by atoms with E-state index in [-0.39, 0.29) is 16.1 Å². The molecule has 0 atom stereocenters. The molecule has 28 heavy (non-hydrogen) atoms. The lowest BCUT2D eigenvalue weighted by Crippen LogP contribution is -2.18. The zero-order valence-corrected chi connectivity index (χ0v) is 17.2. The Labute approximate surface area is 171 Å². The standard InChI is InChI=1S/C20H17BrN2O4S/c1-27-19-12-11-15(13-17(19)21)28(25,26)23-18-10-6-5-9-16(18)20(24)22-14-7-3-2-4-8-14/h2-13,23H,1H3,(H,22,24). The summed E-state index contributed by atoms with van der Waals surface area (Å²) in [6, 6.07) is 19.8. The first-order valence-corrected chi connectivity index (χ1v) is 10.5. The molecule has 0 aliphatic carbocycles. The van der Waals surface area contributed by atoms with E-state index < -0.39 is 15.9 Å². The highest BCUT2D eigenvalue weighted by Crippen LogP contribution is 2.29. The van der Waals surface area contributed by atoms with Gasteiger partial charge in [-0.3, -0.25) is 9.52 Å². The van der Waals surface area contributed by atoms with Crippen LogP contribution < -0.4 is 14.8 Å². The van der Waals surface area contributed by atoms with Crippen molar-refractivity contribution in [3.63, 3.8) is 0 Å². The molecule has 0 heterocycles. The van der Waals surface area contributed by atoms with E-state index in [1.165, 1.54) is 25.3 Å². The van der Waals surface area contributed by atoms with Gasteiger partial charge in [0, 0.05) is 5.69 Å². The van der Waals surface area contributed by atoms with Crippen LogP contribution in [0.25, 0.3) is 0 Å². The molecule has 1 amide bonds. The van der Waals surface area contributed by atoms with Crippen LogP contribution in [0.15, 0.2) is 82.2 Å². The fourth-order valence-electron chi connectivity index (χ4n) is 2.51. The van der Waals surface area contributed by atoms with E-state index in [9.17, 15) is 13.2 Å². The van der Waals surface area contributed by atoms with Crippen LogP contribution in [0.4, 0.5) is 11.4 Å². The predicted molar refractivity (Wildman–Crippen MR) is 112 cm³/mol. The van der Waals surface area contributed by atoms with Crippen LogP contribution in [-0.4, -0.2) is 21.4 Å². The molecular weight excluding hydrogens is 444 g/mol. The first kappa shape index (κ1) is 19.9. The van der Waals surface area contributed by atoms with Crippen molar-refractivity contribution in [1.82, 2.24) is 0 Å². The van der Waals surface area contributed by atoms with Gasteiger partial charge in [0.2, 0.25) is 0 Å². The number of nitrogens with one attached hydrogen (secondary N) is 2. The summed E-state index contributed by atoms with van der Waals surface area (Å²) >= 11 is 3.28. The van der Waals surface area contributed by atoms with Gasteiger partial charge in [0.1, 0.15) is 5.75 Å². The van der Waals surface area contributed by atoms with Crippen molar-refractivity contribution < 1.29 is 17.9 Å². The summed E-state index contributed by atoms with van der Waals surface area (Å²) < 4.78 is 33.7. The Bertz CT molecular complexity index is 1100. The van der Waals surface area contributed by atoms with Crippen LogP contribution in [-0.2, 0) is 10.0 Å². The highest BCUT2D eigenvalue weighted by molar-refractivity contribution is 9.10. The Balaban J connectivity index is 1.88. The second-order valence-electron chi connectivity index (χ2n) is 5.77. The molecule has 0 bridgehead atoms. The van der Waals surface area contributed by atoms with Gasteiger partial charge in [-0.1, -0.05) is 30.3 Å². The Morgan fingerprint density at radius 2 is 1.64 bits per heavy atom. The summed E-state index contributed by atoms with van der Waals surface area (Å²) in [5.74, 6) is 0.0991. The first-order chi connectivity index (χ1) is 13.4. The number of rotatable bonds is 6. The fraction of sp³-hybridized carbons (Fsp3) is 0.0500. The molecule has 0 spiro atoms. The number of sulfonamides is 1. The van der Waals surface area contributed by atoms with Gasteiger partial charge < -0.3 is 10.1 Å². The lowest BCUT2D eigenvalue weighted by molar-refractivity contribution is 0.102. The third kappa shape index (κ3) is 4.52. The predicted octanol–water partition coefficient (Wildman–Crippen LogP) is 4.51. The number of carbonyl (C=O) groups excluding carboxylic acids is 1. The highest BCUT2D eigenvalue weighted by Gasteiger charge is 2.20. The molecule has 0 aromatic heterocycles. The minimum Gasteiger partial charge on any atom is -0.496 e. The van der Waals surface area contributed by atoms with Crippen molar-refractivity contribution in [2.24, 2.45) is 0 Å². The lowest BCUT2D eigenvalue weighted by atomic mass is 10.1. The Hall–Kier alpha value is -2.84. The number of carbonyl (C=O) groups is 1. The van der Waals surface area contributed by atoms with Crippen LogP contribution in [0.3, 0.4) is 0 Å². The van der Waals surface area contributed by atoms with Crippen LogP contribution in [0, 0.1) is 0 Å². The van der Waals surface area contributed by atoms with E-state index in [1.54, 1.807) is 48.5 Å². The number of anilines is 2. The molecule has 3 aromatic rings. The maximum absolute atomic E-state index is 12.8. The summed E-state index contributed by atoms with van der Waals surface area (Å²) in [5.41, 5.74) is 1.01. The number of methoxy groups -OCH3 is 1. The van der Waals surface area contributed by atoms with Crippen molar-refractivity contribution in [2.75, 3.05) is 17.1 Å².